The molecule has 3 unspecified atom stereocenters. The minimum atomic E-state index is 0.0800. The zero-order valence-corrected chi connectivity index (χ0v) is 12.9. The van der Waals surface area contributed by atoms with Crippen LogP contribution < -0.4 is 15.2 Å². The molecular formula is C17H27NO2. The first-order chi connectivity index (χ1) is 9.71. The summed E-state index contributed by atoms with van der Waals surface area (Å²) in [6, 6.07) is 6.12. The summed E-state index contributed by atoms with van der Waals surface area (Å²) in [5.74, 6) is 2.25. The molecule has 1 heterocycles. The fraction of sp³-hybridized carbons (Fsp3) is 0.647. The third-order valence-electron chi connectivity index (χ3n) is 4.33. The molecule has 1 aromatic carbocycles. The van der Waals surface area contributed by atoms with Gasteiger partial charge in [-0.15, -0.1) is 0 Å². The molecule has 1 aliphatic rings. The Balaban J connectivity index is 2.20. The molecule has 0 aliphatic carbocycles. The highest BCUT2D eigenvalue weighted by Crippen LogP contribution is 2.38. The van der Waals surface area contributed by atoms with Crippen LogP contribution in [0.2, 0.25) is 0 Å². The molecule has 0 saturated heterocycles. The van der Waals surface area contributed by atoms with Crippen molar-refractivity contribution in [2.75, 3.05) is 7.11 Å². The highest BCUT2D eigenvalue weighted by atomic mass is 16.5. The molecule has 0 amide bonds. The normalized spacial score (nSPS) is 22.8. The summed E-state index contributed by atoms with van der Waals surface area (Å²) >= 11 is 0. The molecule has 2 rings (SSSR count). The number of ether oxygens (including phenoxy) is 2. The number of benzene rings is 1. The molecule has 2 N–H and O–H groups in total. The molecule has 0 saturated carbocycles. The van der Waals surface area contributed by atoms with Gasteiger partial charge in [0.25, 0.3) is 0 Å². The summed E-state index contributed by atoms with van der Waals surface area (Å²) in [5.41, 5.74) is 7.53. The lowest BCUT2D eigenvalue weighted by atomic mass is 9.85. The second-order valence-corrected chi connectivity index (χ2v) is 5.71. The Kier molecular flexibility index (Phi) is 5.30. The van der Waals surface area contributed by atoms with E-state index >= 15 is 0 Å². The van der Waals surface area contributed by atoms with Crippen molar-refractivity contribution >= 4 is 0 Å². The van der Waals surface area contributed by atoms with Gasteiger partial charge in [-0.2, -0.15) is 0 Å². The number of methoxy groups -OCH3 is 1. The molecular weight excluding hydrogens is 250 g/mol. The fourth-order valence-electron chi connectivity index (χ4n) is 3.12. The van der Waals surface area contributed by atoms with Crippen LogP contribution in [-0.4, -0.2) is 19.3 Å². The monoisotopic (exact) mass is 277 g/mol. The Hall–Kier alpha value is -1.22. The Labute approximate surface area is 122 Å². The largest absolute Gasteiger partial charge is 0.493 e. The number of fused-ring (bicyclic) bond motifs is 1. The SMILES string of the molecule is CCCCC(CC)C1Oc2c(cccc2OC)CC1N. The Morgan fingerprint density at radius 2 is 2.20 bits per heavy atom. The topological polar surface area (TPSA) is 44.5 Å². The van der Waals surface area contributed by atoms with Crippen LogP contribution in [0.5, 0.6) is 11.5 Å². The summed E-state index contributed by atoms with van der Waals surface area (Å²) in [5, 5.41) is 0. The zero-order chi connectivity index (χ0) is 14.5. The van der Waals surface area contributed by atoms with E-state index in [1.54, 1.807) is 7.11 Å². The van der Waals surface area contributed by atoms with Gasteiger partial charge < -0.3 is 15.2 Å². The molecule has 0 aromatic heterocycles. The molecule has 0 spiro atoms. The van der Waals surface area contributed by atoms with E-state index in [-0.39, 0.29) is 12.1 Å². The molecule has 3 heteroatoms. The van der Waals surface area contributed by atoms with Crippen LogP contribution in [0.3, 0.4) is 0 Å². The number of rotatable bonds is 6. The molecule has 20 heavy (non-hydrogen) atoms. The van der Waals surface area contributed by atoms with Crippen LogP contribution in [0.1, 0.15) is 45.1 Å². The van der Waals surface area contributed by atoms with Crippen molar-refractivity contribution in [3.8, 4) is 11.5 Å². The predicted molar refractivity (Wildman–Crippen MR) is 82.4 cm³/mol. The number of hydrogen-bond acceptors (Lipinski definition) is 3. The average Bonchev–Trinajstić information content (AvgIpc) is 2.47. The maximum absolute atomic E-state index is 6.37. The maximum Gasteiger partial charge on any atom is 0.164 e. The molecule has 0 bridgehead atoms. The van der Waals surface area contributed by atoms with E-state index in [1.165, 1.54) is 24.8 Å². The minimum absolute atomic E-state index is 0.0800. The molecule has 3 nitrogen and oxygen atoms in total. The van der Waals surface area contributed by atoms with Gasteiger partial charge in [-0.05, 0) is 36.8 Å². The lowest BCUT2D eigenvalue weighted by Crippen LogP contribution is -2.48. The third-order valence-corrected chi connectivity index (χ3v) is 4.33. The molecule has 1 aliphatic heterocycles. The predicted octanol–water partition coefficient (Wildman–Crippen LogP) is 3.54. The fourth-order valence-corrected chi connectivity index (χ4v) is 3.12. The van der Waals surface area contributed by atoms with Crippen molar-refractivity contribution < 1.29 is 9.47 Å². The number of hydrogen-bond donors (Lipinski definition) is 1. The van der Waals surface area contributed by atoms with Crippen molar-refractivity contribution in [1.82, 2.24) is 0 Å². The molecule has 0 radical (unpaired) electrons. The van der Waals surface area contributed by atoms with E-state index in [0.717, 1.165) is 24.3 Å². The van der Waals surface area contributed by atoms with Crippen LogP contribution in [0.4, 0.5) is 0 Å². The second-order valence-electron chi connectivity index (χ2n) is 5.71. The average molecular weight is 277 g/mol. The summed E-state index contributed by atoms with van der Waals surface area (Å²) in [4.78, 5) is 0. The second kappa shape index (κ2) is 6.98. The molecule has 112 valence electrons. The number of nitrogens with two attached hydrogens (primary N) is 1. The summed E-state index contributed by atoms with van der Waals surface area (Å²) in [7, 11) is 1.69. The van der Waals surface area contributed by atoms with Gasteiger partial charge in [0, 0.05) is 6.04 Å². The standard InChI is InChI=1S/C17H27NO2/c1-4-6-8-12(5-2)16-14(18)11-13-9-7-10-15(19-3)17(13)20-16/h7,9-10,12,14,16H,4-6,8,11,18H2,1-3H3. The summed E-state index contributed by atoms with van der Waals surface area (Å²) in [6.45, 7) is 4.46. The highest BCUT2D eigenvalue weighted by Gasteiger charge is 2.34. The zero-order valence-electron chi connectivity index (χ0n) is 12.9. The third kappa shape index (κ3) is 3.09. The van der Waals surface area contributed by atoms with E-state index in [1.807, 2.05) is 12.1 Å². The summed E-state index contributed by atoms with van der Waals surface area (Å²) in [6.07, 6.45) is 5.75. The summed E-state index contributed by atoms with van der Waals surface area (Å²) < 4.78 is 11.7. The minimum Gasteiger partial charge on any atom is -0.493 e. The van der Waals surface area contributed by atoms with Crippen LogP contribution in [0, 0.1) is 5.92 Å². The van der Waals surface area contributed by atoms with Gasteiger partial charge in [0.1, 0.15) is 6.10 Å². The van der Waals surface area contributed by atoms with Gasteiger partial charge in [0.05, 0.1) is 7.11 Å². The highest BCUT2D eigenvalue weighted by molar-refractivity contribution is 5.48. The molecule has 0 fully saturated rings. The van der Waals surface area contributed by atoms with Crippen LogP contribution in [0.25, 0.3) is 0 Å². The van der Waals surface area contributed by atoms with E-state index in [0.29, 0.717) is 5.92 Å². The van der Waals surface area contributed by atoms with E-state index < -0.39 is 0 Å². The first-order valence-electron chi connectivity index (χ1n) is 7.79. The molecule has 1 aromatic rings. The van der Waals surface area contributed by atoms with E-state index in [9.17, 15) is 0 Å². The van der Waals surface area contributed by atoms with Gasteiger partial charge >= 0.3 is 0 Å². The van der Waals surface area contributed by atoms with Crippen molar-refractivity contribution in [1.29, 1.82) is 0 Å². The van der Waals surface area contributed by atoms with Gasteiger partial charge in [-0.1, -0.05) is 38.8 Å². The lowest BCUT2D eigenvalue weighted by Gasteiger charge is -2.37. The van der Waals surface area contributed by atoms with Crippen LogP contribution in [-0.2, 0) is 6.42 Å². The van der Waals surface area contributed by atoms with Gasteiger partial charge in [0.15, 0.2) is 11.5 Å². The Bertz CT molecular complexity index is 433. The number of para-hydroxylation sites is 1. The first kappa shape index (κ1) is 15.2. The smallest absolute Gasteiger partial charge is 0.164 e. The molecule has 3 atom stereocenters. The van der Waals surface area contributed by atoms with E-state index in [2.05, 4.69) is 19.9 Å². The van der Waals surface area contributed by atoms with Crippen LogP contribution in [0.15, 0.2) is 18.2 Å². The van der Waals surface area contributed by atoms with Gasteiger partial charge in [0.2, 0.25) is 0 Å². The van der Waals surface area contributed by atoms with Crippen molar-refractivity contribution in [3.05, 3.63) is 23.8 Å². The van der Waals surface area contributed by atoms with Crippen molar-refractivity contribution in [2.45, 2.75) is 58.1 Å². The van der Waals surface area contributed by atoms with Crippen LogP contribution >= 0.6 is 0 Å². The quantitative estimate of drug-likeness (QED) is 0.865. The van der Waals surface area contributed by atoms with Gasteiger partial charge in [-0.25, -0.2) is 0 Å². The Morgan fingerprint density at radius 3 is 2.85 bits per heavy atom. The lowest BCUT2D eigenvalue weighted by molar-refractivity contribution is 0.0798. The number of unbranched alkanes of at least 4 members (excludes halogenated alkanes) is 1. The van der Waals surface area contributed by atoms with Crippen molar-refractivity contribution in [3.63, 3.8) is 0 Å². The van der Waals surface area contributed by atoms with Crippen molar-refractivity contribution in [2.24, 2.45) is 11.7 Å². The Morgan fingerprint density at radius 1 is 1.40 bits per heavy atom. The van der Waals surface area contributed by atoms with Gasteiger partial charge in [-0.3, -0.25) is 0 Å². The first-order valence-corrected chi connectivity index (χ1v) is 7.79. The van der Waals surface area contributed by atoms with E-state index in [4.69, 9.17) is 15.2 Å². The maximum atomic E-state index is 6.37.